The molecule has 0 spiro atoms. The number of nitrogens with two attached hydrogens (primary N) is 1. The first-order valence-corrected chi connectivity index (χ1v) is 6.44. The Bertz CT molecular complexity index is 383. The summed E-state index contributed by atoms with van der Waals surface area (Å²) >= 11 is 1.64. The molecule has 6 heteroatoms. The Labute approximate surface area is 99.1 Å². The Balaban J connectivity index is 1.91. The van der Waals surface area contributed by atoms with Crippen molar-refractivity contribution in [2.24, 2.45) is 25.7 Å². The summed E-state index contributed by atoms with van der Waals surface area (Å²) in [4.78, 5) is 16.7. The van der Waals surface area contributed by atoms with E-state index in [1.165, 1.54) is 25.6 Å². The molecule has 16 heavy (non-hydrogen) atoms. The molecule has 0 bridgehead atoms. The first-order valence-electron chi connectivity index (χ1n) is 5.46. The van der Waals surface area contributed by atoms with Gasteiger partial charge in [0.1, 0.15) is 12.2 Å². The summed E-state index contributed by atoms with van der Waals surface area (Å²) in [6, 6.07) is -0.236. The maximum atomic E-state index is 5.80. The highest BCUT2D eigenvalue weighted by molar-refractivity contribution is 8.13. The van der Waals surface area contributed by atoms with E-state index in [2.05, 4.69) is 26.9 Å². The molecule has 0 radical (unpaired) electrons. The third kappa shape index (κ3) is 2.49. The van der Waals surface area contributed by atoms with Crippen LogP contribution in [0.1, 0.15) is 26.2 Å². The third-order valence-corrected chi connectivity index (χ3v) is 3.28. The number of thioether (sulfide) groups is 1. The maximum Gasteiger partial charge on any atom is 0.191 e. The minimum absolute atomic E-state index is 0.236. The first-order chi connectivity index (χ1) is 7.81. The van der Waals surface area contributed by atoms with Gasteiger partial charge in [0.05, 0.1) is 0 Å². The summed E-state index contributed by atoms with van der Waals surface area (Å²) in [5.74, 6) is 2.20. The summed E-state index contributed by atoms with van der Waals surface area (Å²) in [7, 11) is 0. The van der Waals surface area contributed by atoms with Gasteiger partial charge in [-0.1, -0.05) is 31.5 Å². The molecule has 1 atom stereocenters. The minimum Gasteiger partial charge on any atom is -0.385 e. The van der Waals surface area contributed by atoms with Gasteiger partial charge in [0, 0.05) is 5.75 Å². The van der Waals surface area contributed by atoms with E-state index in [1.807, 2.05) is 0 Å². The predicted molar refractivity (Wildman–Crippen MR) is 70.8 cm³/mol. The second kappa shape index (κ2) is 5.25. The van der Waals surface area contributed by atoms with E-state index in [1.54, 1.807) is 11.8 Å². The molecule has 0 aliphatic carbocycles. The topological polar surface area (TPSA) is 75.5 Å². The molecule has 2 N–H and O–H groups in total. The number of rotatable bonds is 4. The van der Waals surface area contributed by atoms with Crippen LogP contribution in [0.4, 0.5) is 0 Å². The van der Waals surface area contributed by atoms with Gasteiger partial charge in [-0.05, 0) is 6.42 Å². The molecule has 2 rings (SSSR count). The van der Waals surface area contributed by atoms with Crippen molar-refractivity contribution < 1.29 is 0 Å². The highest BCUT2D eigenvalue weighted by Crippen LogP contribution is 2.16. The number of unbranched alkanes of at least 4 members (excludes halogenated alkanes) is 2. The highest BCUT2D eigenvalue weighted by atomic mass is 32.2. The molecule has 2 aliphatic rings. The number of hydrogen-bond acceptors (Lipinski definition) is 6. The number of nitrogens with zero attached hydrogens (tertiary/aromatic N) is 4. The van der Waals surface area contributed by atoms with Crippen molar-refractivity contribution in [3.8, 4) is 0 Å². The van der Waals surface area contributed by atoms with Gasteiger partial charge in [-0.2, -0.15) is 0 Å². The molecule has 0 aromatic carbocycles. The van der Waals surface area contributed by atoms with E-state index in [-0.39, 0.29) is 6.04 Å². The van der Waals surface area contributed by atoms with Crippen LogP contribution in [0, 0.1) is 0 Å². The second-order valence-electron chi connectivity index (χ2n) is 3.64. The SMILES string of the molecule is CCCCCSC1=NC2=NC=NC2C(N)=N1. The summed E-state index contributed by atoms with van der Waals surface area (Å²) < 4.78 is 0. The predicted octanol–water partition coefficient (Wildman–Crippen LogP) is 1.45. The molecule has 5 nitrogen and oxygen atoms in total. The average Bonchev–Trinajstić information content (AvgIpc) is 2.73. The molecule has 0 aromatic rings. The lowest BCUT2D eigenvalue weighted by Gasteiger charge is -2.13. The van der Waals surface area contributed by atoms with E-state index in [9.17, 15) is 0 Å². The smallest absolute Gasteiger partial charge is 0.191 e. The highest BCUT2D eigenvalue weighted by Gasteiger charge is 2.26. The maximum absolute atomic E-state index is 5.80. The fraction of sp³-hybridized carbons (Fsp3) is 0.600. The van der Waals surface area contributed by atoms with Gasteiger partial charge >= 0.3 is 0 Å². The number of hydrogen-bond donors (Lipinski definition) is 1. The van der Waals surface area contributed by atoms with Gasteiger partial charge in [-0.3, -0.25) is 4.99 Å². The van der Waals surface area contributed by atoms with Crippen LogP contribution in [0.25, 0.3) is 0 Å². The second-order valence-corrected chi connectivity index (χ2v) is 4.70. The van der Waals surface area contributed by atoms with E-state index in [4.69, 9.17) is 5.73 Å². The fourth-order valence-corrected chi connectivity index (χ4v) is 2.33. The summed E-state index contributed by atoms with van der Waals surface area (Å²) in [5, 5.41) is 0.717. The van der Waals surface area contributed by atoms with Crippen LogP contribution in [0.2, 0.25) is 0 Å². The number of fused-ring (bicyclic) bond motifs is 1. The molecule has 1 unspecified atom stereocenters. The Morgan fingerprint density at radius 2 is 2.25 bits per heavy atom. The van der Waals surface area contributed by atoms with Crippen molar-refractivity contribution in [2.75, 3.05) is 5.75 Å². The van der Waals surface area contributed by atoms with Crippen molar-refractivity contribution in [1.29, 1.82) is 0 Å². The molecule has 2 aliphatic heterocycles. The van der Waals surface area contributed by atoms with Gasteiger partial charge in [0.25, 0.3) is 0 Å². The summed E-state index contributed by atoms with van der Waals surface area (Å²) in [5.41, 5.74) is 5.80. The molecule has 0 saturated carbocycles. The fourth-order valence-electron chi connectivity index (χ4n) is 1.47. The van der Waals surface area contributed by atoms with Gasteiger partial charge in [0.15, 0.2) is 17.0 Å². The Hall–Kier alpha value is -1.17. The molecule has 86 valence electrons. The molecule has 0 aromatic heterocycles. The van der Waals surface area contributed by atoms with E-state index < -0.39 is 0 Å². The first kappa shape index (κ1) is 11.3. The van der Waals surface area contributed by atoms with Gasteiger partial charge in [0.2, 0.25) is 0 Å². The molecule has 2 heterocycles. The van der Waals surface area contributed by atoms with Crippen molar-refractivity contribution in [3.63, 3.8) is 0 Å². The summed E-state index contributed by atoms with van der Waals surface area (Å²) in [6.45, 7) is 2.19. The summed E-state index contributed by atoms with van der Waals surface area (Å²) in [6.07, 6.45) is 5.14. The van der Waals surface area contributed by atoms with E-state index >= 15 is 0 Å². The van der Waals surface area contributed by atoms with Gasteiger partial charge < -0.3 is 5.73 Å². The van der Waals surface area contributed by atoms with Crippen LogP contribution in [0.15, 0.2) is 20.0 Å². The van der Waals surface area contributed by atoms with Crippen LogP contribution in [-0.2, 0) is 0 Å². The molecule has 0 amide bonds. The zero-order valence-electron chi connectivity index (χ0n) is 9.26. The van der Waals surface area contributed by atoms with Crippen molar-refractivity contribution in [3.05, 3.63) is 0 Å². The van der Waals surface area contributed by atoms with Crippen molar-refractivity contribution >= 4 is 34.9 Å². The Morgan fingerprint density at radius 1 is 1.38 bits per heavy atom. The lowest BCUT2D eigenvalue weighted by molar-refractivity contribution is 0.779. The number of amidine groups is 3. The normalized spacial score (nSPS) is 22.6. The van der Waals surface area contributed by atoms with E-state index in [0.29, 0.717) is 16.8 Å². The van der Waals surface area contributed by atoms with Crippen LogP contribution < -0.4 is 5.73 Å². The standard InChI is InChI=1S/C10H15N5S/c1-2-3-4-5-16-10-14-8(11)7-9(15-10)13-6-12-7/h6-7H,2-5H2,1H3,(H2,11,12,13,14,15). The van der Waals surface area contributed by atoms with Crippen LogP contribution in [-0.4, -0.2) is 35.0 Å². The lowest BCUT2D eigenvalue weighted by atomic mass is 10.2. The zero-order valence-corrected chi connectivity index (χ0v) is 10.1. The quantitative estimate of drug-likeness (QED) is 0.751. The van der Waals surface area contributed by atoms with Crippen LogP contribution in [0.3, 0.4) is 0 Å². The third-order valence-electron chi connectivity index (χ3n) is 2.34. The molecular formula is C10H15N5S. The van der Waals surface area contributed by atoms with Gasteiger partial charge in [-0.15, -0.1) is 0 Å². The largest absolute Gasteiger partial charge is 0.385 e. The lowest BCUT2D eigenvalue weighted by Crippen LogP contribution is -2.35. The Morgan fingerprint density at radius 3 is 3.06 bits per heavy atom. The monoisotopic (exact) mass is 237 g/mol. The molecule has 0 saturated heterocycles. The van der Waals surface area contributed by atoms with Crippen molar-refractivity contribution in [1.82, 2.24) is 0 Å². The molecular weight excluding hydrogens is 222 g/mol. The van der Waals surface area contributed by atoms with Crippen molar-refractivity contribution in [2.45, 2.75) is 32.2 Å². The molecule has 0 fully saturated rings. The zero-order chi connectivity index (χ0) is 11.4. The number of aliphatic imine (C=N–C) groups is 4. The van der Waals surface area contributed by atoms with Crippen LogP contribution in [0.5, 0.6) is 0 Å². The van der Waals surface area contributed by atoms with Gasteiger partial charge in [-0.25, -0.2) is 15.0 Å². The van der Waals surface area contributed by atoms with E-state index in [0.717, 1.165) is 5.75 Å². The average molecular weight is 237 g/mol. The minimum atomic E-state index is -0.236. The van der Waals surface area contributed by atoms with Crippen LogP contribution >= 0.6 is 11.8 Å². The Kier molecular flexibility index (Phi) is 3.71.